The first kappa shape index (κ1) is 22.9. The van der Waals surface area contributed by atoms with Crippen molar-refractivity contribution in [2.45, 2.75) is 13.0 Å². The molecule has 2 aromatic carbocycles. The van der Waals surface area contributed by atoms with Gasteiger partial charge >= 0.3 is 0 Å². The van der Waals surface area contributed by atoms with Crippen molar-refractivity contribution in [2.24, 2.45) is 0 Å². The summed E-state index contributed by atoms with van der Waals surface area (Å²) in [6.45, 7) is 1.82. The van der Waals surface area contributed by atoms with E-state index in [1.54, 1.807) is 24.3 Å². The number of ether oxygens (including phenoxy) is 1. The van der Waals surface area contributed by atoms with Crippen LogP contribution in [-0.2, 0) is 9.59 Å². The lowest BCUT2D eigenvalue weighted by molar-refractivity contribution is -0.132. The normalized spacial score (nSPS) is 17.5. The van der Waals surface area contributed by atoms with E-state index in [0.717, 1.165) is 16.1 Å². The van der Waals surface area contributed by atoms with Crippen LogP contribution in [0.15, 0.2) is 59.5 Å². The number of Topliss-reactive ketones (excluding diaryl/α,β-unsaturated/α-hetero) is 1. The van der Waals surface area contributed by atoms with Crippen LogP contribution in [0, 0.1) is 6.92 Å². The third-order valence-electron chi connectivity index (χ3n) is 5.55. The summed E-state index contributed by atoms with van der Waals surface area (Å²) in [7, 11) is 5.29. The predicted octanol–water partition coefficient (Wildman–Crippen LogP) is 5.41. The molecule has 6 nitrogen and oxygen atoms in total. The molecule has 0 radical (unpaired) electrons. The second kappa shape index (κ2) is 8.92. The summed E-state index contributed by atoms with van der Waals surface area (Å²) in [5.41, 5.74) is 2.57. The van der Waals surface area contributed by atoms with E-state index < -0.39 is 17.7 Å². The van der Waals surface area contributed by atoms with Gasteiger partial charge in [-0.15, -0.1) is 11.3 Å². The molecule has 1 amide bonds. The van der Waals surface area contributed by atoms with Gasteiger partial charge in [-0.25, -0.2) is 0 Å². The van der Waals surface area contributed by atoms with Crippen molar-refractivity contribution >= 4 is 51.8 Å². The molecule has 1 atom stereocenters. The number of aryl methyl sites for hydroxylation is 1. The van der Waals surface area contributed by atoms with Crippen LogP contribution in [0.2, 0.25) is 5.02 Å². The van der Waals surface area contributed by atoms with Crippen molar-refractivity contribution in [1.82, 2.24) is 0 Å². The molecule has 0 aliphatic carbocycles. The van der Waals surface area contributed by atoms with Crippen LogP contribution in [0.1, 0.15) is 22.0 Å². The number of rotatable bonds is 5. The molecule has 1 unspecified atom stereocenters. The van der Waals surface area contributed by atoms with E-state index >= 15 is 0 Å². The summed E-state index contributed by atoms with van der Waals surface area (Å²) in [6.07, 6.45) is 0. The number of hydrogen-bond acceptors (Lipinski definition) is 6. The monoisotopic (exact) mass is 482 g/mol. The van der Waals surface area contributed by atoms with Gasteiger partial charge in [-0.2, -0.15) is 0 Å². The van der Waals surface area contributed by atoms with Crippen LogP contribution in [0.3, 0.4) is 0 Å². The van der Waals surface area contributed by atoms with Gasteiger partial charge in [0, 0.05) is 30.3 Å². The summed E-state index contributed by atoms with van der Waals surface area (Å²) >= 11 is 7.73. The number of methoxy groups -OCH3 is 1. The Morgan fingerprint density at radius 3 is 2.42 bits per heavy atom. The molecule has 8 heteroatoms. The molecule has 1 aliphatic heterocycles. The van der Waals surface area contributed by atoms with Crippen molar-refractivity contribution < 1.29 is 19.4 Å². The zero-order valence-electron chi connectivity index (χ0n) is 18.6. The van der Waals surface area contributed by atoms with E-state index in [2.05, 4.69) is 0 Å². The predicted molar refractivity (Wildman–Crippen MR) is 133 cm³/mol. The quantitative estimate of drug-likeness (QED) is 0.299. The van der Waals surface area contributed by atoms with Gasteiger partial charge in [0.15, 0.2) is 0 Å². The van der Waals surface area contributed by atoms with Crippen molar-refractivity contribution in [3.63, 3.8) is 0 Å². The number of aliphatic hydroxyl groups is 1. The first-order valence-corrected chi connectivity index (χ1v) is 11.5. The molecule has 1 aromatic heterocycles. The number of benzene rings is 2. The lowest BCUT2D eigenvalue weighted by Crippen LogP contribution is -2.29. The fourth-order valence-electron chi connectivity index (χ4n) is 3.98. The van der Waals surface area contributed by atoms with Crippen LogP contribution in [0.4, 0.5) is 11.4 Å². The maximum atomic E-state index is 13.3. The molecular weight excluding hydrogens is 460 g/mol. The Bertz CT molecular complexity index is 1250. The Morgan fingerprint density at radius 1 is 1.15 bits per heavy atom. The highest BCUT2D eigenvalue weighted by atomic mass is 35.5. The van der Waals surface area contributed by atoms with Gasteiger partial charge in [-0.3, -0.25) is 14.5 Å². The first-order chi connectivity index (χ1) is 15.7. The molecule has 0 spiro atoms. The highest BCUT2D eigenvalue weighted by Crippen LogP contribution is 2.45. The molecule has 170 valence electrons. The third-order valence-corrected chi connectivity index (χ3v) is 6.75. The Morgan fingerprint density at radius 2 is 1.85 bits per heavy atom. The smallest absolute Gasteiger partial charge is 0.300 e. The fraction of sp³-hybridized carbons (Fsp3) is 0.200. The zero-order valence-corrected chi connectivity index (χ0v) is 20.2. The highest BCUT2D eigenvalue weighted by Gasteiger charge is 2.47. The van der Waals surface area contributed by atoms with E-state index in [1.165, 1.54) is 23.3 Å². The number of thiophene rings is 1. The molecule has 1 N–H and O–H groups in total. The second-order valence-electron chi connectivity index (χ2n) is 7.92. The highest BCUT2D eigenvalue weighted by molar-refractivity contribution is 7.10. The van der Waals surface area contributed by atoms with Crippen molar-refractivity contribution in [3.8, 4) is 5.75 Å². The molecule has 3 aromatic rings. The molecule has 1 fully saturated rings. The minimum absolute atomic E-state index is 0.000831. The SMILES string of the molecule is COc1c(Cl)cc(C)cc1/C(O)=C1/C(=O)C(=O)N(c2ccc(N(C)C)cc2)C1c1cccs1. The van der Waals surface area contributed by atoms with Crippen LogP contribution in [-0.4, -0.2) is 38.0 Å². The number of aliphatic hydroxyl groups excluding tert-OH is 1. The number of hydrogen-bond donors (Lipinski definition) is 1. The molecule has 4 rings (SSSR count). The fourth-order valence-corrected chi connectivity index (χ4v) is 5.16. The van der Waals surface area contributed by atoms with Crippen molar-refractivity contribution in [1.29, 1.82) is 0 Å². The van der Waals surface area contributed by atoms with Crippen LogP contribution in [0.5, 0.6) is 5.75 Å². The largest absolute Gasteiger partial charge is 0.507 e. The van der Waals surface area contributed by atoms with Gasteiger partial charge in [0.2, 0.25) is 0 Å². The Balaban J connectivity index is 1.94. The van der Waals surface area contributed by atoms with Gasteiger partial charge in [-0.1, -0.05) is 17.7 Å². The third kappa shape index (κ3) is 3.98. The van der Waals surface area contributed by atoms with Gasteiger partial charge in [0.05, 0.1) is 23.3 Å². The lowest BCUT2D eigenvalue weighted by atomic mass is 9.98. The molecular formula is C25H23ClN2O4S. The lowest BCUT2D eigenvalue weighted by Gasteiger charge is -2.25. The molecule has 0 saturated carbocycles. The number of anilines is 2. The van der Waals surface area contributed by atoms with Crippen LogP contribution >= 0.6 is 22.9 Å². The number of ketones is 1. The van der Waals surface area contributed by atoms with Crippen LogP contribution in [0.25, 0.3) is 5.76 Å². The second-order valence-corrected chi connectivity index (χ2v) is 9.31. The molecule has 33 heavy (non-hydrogen) atoms. The zero-order chi connectivity index (χ0) is 23.9. The molecule has 0 bridgehead atoms. The topological polar surface area (TPSA) is 70.1 Å². The first-order valence-electron chi connectivity index (χ1n) is 10.2. The molecule has 1 aliphatic rings. The van der Waals surface area contributed by atoms with Gasteiger partial charge in [0.1, 0.15) is 17.6 Å². The van der Waals surface area contributed by atoms with Gasteiger partial charge < -0.3 is 14.7 Å². The minimum atomic E-state index is -0.779. The molecule has 1 saturated heterocycles. The van der Waals surface area contributed by atoms with E-state index in [1.807, 2.05) is 55.6 Å². The minimum Gasteiger partial charge on any atom is -0.507 e. The molecule has 2 heterocycles. The van der Waals surface area contributed by atoms with E-state index in [-0.39, 0.29) is 22.6 Å². The van der Waals surface area contributed by atoms with Crippen molar-refractivity contribution in [2.75, 3.05) is 31.0 Å². The van der Waals surface area contributed by atoms with E-state index in [9.17, 15) is 14.7 Å². The number of nitrogens with zero attached hydrogens (tertiary/aromatic N) is 2. The summed E-state index contributed by atoms with van der Waals surface area (Å²) in [5, 5.41) is 13.5. The van der Waals surface area contributed by atoms with Gasteiger partial charge in [0.25, 0.3) is 11.7 Å². The summed E-state index contributed by atoms with van der Waals surface area (Å²) in [5.74, 6) is -1.54. The maximum absolute atomic E-state index is 13.3. The number of carbonyl (C=O) groups is 2. The van der Waals surface area contributed by atoms with Crippen LogP contribution < -0.4 is 14.5 Å². The number of amides is 1. The average molecular weight is 483 g/mol. The van der Waals surface area contributed by atoms with Crippen molar-refractivity contribution in [3.05, 3.63) is 80.5 Å². The summed E-state index contributed by atoms with van der Waals surface area (Å²) in [4.78, 5) is 30.6. The standard InChI is InChI=1S/C25H23ClN2O4S/c1-14-12-17(24(32-4)18(26)13-14)22(29)20-21(19-6-5-11-33-19)28(25(31)23(20)30)16-9-7-15(8-10-16)27(2)3/h5-13,21,29H,1-4H3/b22-20-. The number of carbonyl (C=O) groups excluding carboxylic acids is 2. The van der Waals surface area contributed by atoms with E-state index in [0.29, 0.717) is 10.7 Å². The Hall–Kier alpha value is -3.29. The summed E-state index contributed by atoms with van der Waals surface area (Å²) in [6, 6.07) is 13.7. The summed E-state index contributed by atoms with van der Waals surface area (Å²) < 4.78 is 5.41. The number of halogens is 1. The Kier molecular flexibility index (Phi) is 6.19. The van der Waals surface area contributed by atoms with E-state index in [4.69, 9.17) is 16.3 Å². The average Bonchev–Trinajstić information content (AvgIpc) is 3.40. The Labute approximate surface area is 201 Å². The van der Waals surface area contributed by atoms with Gasteiger partial charge in [-0.05, 0) is 60.3 Å². The maximum Gasteiger partial charge on any atom is 0.300 e.